The van der Waals surface area contributed by atoms with Crippen LogP contribution in [0.25, 0.3) is 0 Å². The fraction of sp³-hybridized carbons (Fsp3) is 0.727. The van der Waals surface area contributed by atoms with Gasteiger partial charge in [0.1, 0.15) is 6.33 Å². The Hall–Kier alpha value is -1.47. The molecule has 7 nitrogen and oxygen atoms in total. The maximum atomic E-state index is 12.4. The lowest BCUT2D eigenvalue weighted by Gasteiger charge is -2.35. The van der Waals surface area contributed by atoms with Crippen molar-refractivity contribution >= 4 is 11.9 Å². The highest BCUT2D eigenvalue weighted by Crippen LogP contribution is 2.30. The highest BCUT2D eigenvalue weighted by atomic mass is 16.5. The Kier molecular flexibility index (Phi) is 3.93. The van der Waals surface area contributed by atoms with Gasteiger partial charge < -0.3 is 10.1 Å². The van der Waals surface area contributed by atoms with E-state index in [1.807, 2.05) is 0 Å². The lowest BCUT2D eigenvalue weighted by molar-refractivity contribution is -0.130. The Labute approximate surface area is 106 Å². The molecule has 2 heterocycles. The number of aryl methyl sites for hydroxylation is 1. The molecule has 0 radical (unpaired) electrons. The second-order valence-corrected chi connectivity index (χ2v) is 4.62. The van der Waals surface area contributed by atoms with Gasteiger partial charge in [0, 0.05) is 14.2 Å². The topological polar surface area (TPSA) is 81.1 Å². The third kappa shape index (κ3) is 2.51. The van der Waals surface area contributed by atoms with Gasteiger partial charge >= 0.3 is 0 Å². The normalized spacial score (nSPS) is 18.6. The maximum Gasteiger partial charge on any atom is 0.235 e. The number of methoxy groups -OCH3 is 1. The van der Waals surface area contributed by atoms with Crippen molar-refractivity contribution in [1.29, 1.82) is 0 Å². The monoisotopic (exact) mass is 253 g/mol. The van der Waals surface area contributed by atoms with Crippen molar-refractivity contribution in [3.8, 4) is 0 Å². The summed E-state index contributed by atoms with van der Waals surface area (Å²) in [5.74, 6) is 0.427. The van der Waals surface area contributed by atoms with E-state index in [4.69, 9.17) is 4.74 Å². The molecule has 0 unspecified atom stereocenters. The molecule has 18 heavy (non-hydrogen) atoms. The molecule has 0 saturated carbocycles. The van der Waals surface area contributed by atoms with Crippen LogP contribution in [-0.4, -0.2) is 47.5 Å². The first-order chi connectivity index (χ1) is 8.68. The summed E-state index contributed by atoms with van der Waals surface area (Å²) >= 11 is 0. The minimum absolute atomic E-state index is 0.0399. The van der Waals surface area contributed by atoms with Crippen molar-refractivity contribution in [1.82, 2.24) is 20.1 Å². The van der Waals surface area contributed by atoms with Crippen LogP contribution in [0, 0.1) is 5.41 Å². The summed E-state index contributed by atoms with van der Waals surface area (Å²) in [4.78, 5) is 16.4. The van der Waals surface area contributed by atoms with Crippen LogP contribution in [0.15, 0.2) is 6.33 Å². The average molecular weight is 253 g/mol. The lowest BCUT2D eigenvalue weighted by Crippen LogP contribution is -2.47. The Bertz CT molecular complexity index is 406. The SMILES string of the molecule is COCC1(C(=O)Nc2ncnn2C)CCNCC1. The number of hydrogen-bond donors (Lipinski definition) is 2. The summed E-state index contributed by atoms with van der Waals surface area (Å²) in [6, 6.07) is 0. The molecule has 1 aromatic heterocycles. The van der Waals surface area contributed by atoms with Crippen molar-refractivity contribution in [2.45, 2.75) is 12.8 Å². The smallest absolute Gasteiger partial charge is 0.235 e. The van der Waals surface area contributed by atoms with Gasteiger partial charge in [-0.15, -0.1) is 0 Å². The molecule has 1 aromatic rings. The van der Waals surface area contributed by atoms with Gasteiger partial charge in [-0.3, -0.25) is 10.1 Å². The lowest BCUT2D eigenvalue weighted by atomic mass is 9.79. The van der Waals surface area contributed by atoms with Gasteiger partial charge in [-0.05, 0) is 25.9 Å². The fourth-order valence-corrected chi connectivity index (χ4v) is 2.26. The Balaban J connectivity index is 2.11. The minimum atomic E-state index is -0.466. The van der Waals surface area contributed by atoms with E-state index in [-0.39, 0.29) is 5.91 Å². The summed E-state index contributed by atoms with van der Waals surface area (Å²) in [5, 5.41) is 10.0. The molecule has 2 N–H and O–H groups in total. The molecule has 0 atom stereocenters. The average Bonchev–Trinajstić information content (AvgIpc) is 2.76. The van der Waals surface area contributed by atoms with Crippen LogP contribution in [-0.2, 0) is 16.6 Å². The van der Waals surface area contributed by atoms with Gasteiger partial charge in [-0.1, -0.05) is 0 Å². The molecule has 1 aliphatic rings. The summed E-state index contributed by atoms with van der Waals surface area (Å²) in [6.07, 6.45) is 2.95. The summed E-state index contributed by atoms with van der Waals surface area (Å²) < 4.78 is 6.76. The minimum Gasteiger partial charge on any atom is -0.384 e. The standard InChI is InChI=1S/C11H19N5O2/c1-16-10(13-8-14-16)15-9(17)11(7-18-2)3-5-12-6-4-11/h8,12H,3-7H2,1-2H3,(H,13,14,15,17). The number of anilines is 1. The molecule has 1 amide bonds. The zero-order chi connectivity index (χ0) is 13.0. The predicted octanol–water partition coefficient (Wildman–Crippen LogP) is -0.230. The molecule has 100 valence electrons. The number of piperidine rings is 1. The van der Waals surface area contributed by atoms with Gasteiger partial charge in [-0.25, -0.2) is 4.68 Å². The number of nitrogens with one attached hydrogen (secondary N) is 2. The molecular formula is C11H19N5O2. The van der Waals surface area contributed by atoms with Gasteiger partial charge in [0.2, 0.25) is 11.9 Å². The summed E-state index contributed by atoms with van der Waals surface area (Å²) in [5.41, 5.74) is -0.466. The molecule has 0 bridgehead atoms. The molecular weight excluding hydrogens is 234 g/mol. The summed E-state index contributed by atoms with van der Waals surface area (Å²) in [7, 11) is 3.37. The van der Waals surface area contributed by atoms with E-state index in [1.54, 1.807) is 18.8 Å². The second kappa shape index (κ2) is 5.45. The number of amides is 1. The van der Waals surface area contributed by atoms with E-state index in [0.717, 1.165) is 25.9 Å². The number of nitrogens with zero attached hydrogens (tertiary/aromatic N) is 3. The molecule has 0 aliphatic carbocycles. The zero-order valence-corrected chi connectivity index (χ0v) is 10.8. The second-order valence-electron chi connectivity index (χ2n) is 4.62. The first-order valence-electron chi connectivity index (χ1n) is 6.03. The van der Waals surface area contributed by atoms with Crippen molar-refractivity contribution < 1.29 is 9.53 Å². The fourth-order valence-electron chi connectivity index (χ4n) is 2.26. The first-order valence-corrected chi connectivity index (χ1v) is 6.03. The molecule has 2 rings (SSSR count). The van der Waals surface area contributed by atoms with E-state index in [0.29, 0.717) is 12.6 Å². The maximum absolute atomic E-state index is 12.4. The Morgan fingerprint density at radius 1 is 1.61 bits per heavy atom. The molecule has 7 heteroatoms. The van der Waals surface area contributed by atoms with Crippen molar-refractivity contribution in [2.75, 3.05) is 32.1 Å². The van der Waals surface area contributed by atoms with Crippen LogP contribution in [0.1, 0.15) is 12.8 Å². The van der Waals surface area contributed by atoms with Crippen LogP contribution < -0.4 is 10.6 Å². The zero-order valence-electron chi connectivity index (χ0n) is 10.8. The van der Waals surface area contributed by atoms with E-state index in [1.165, 1.54) is 6.33 Å². The first kappa shape index (κ1) is 13.0. The Morgan fingerprint density at radius 3 is 2.89 bits per heavy atom. The number of aromatic nitrogens is 3. The van der Waals surface area contributed by atoms with Gasteiger partial charge in [0.15, 0.2) is 0 Å². The van der Waals surface area contributed by atoms with Crippen LogP contribution in [0.2, 0.25) is 0 Å². The van der Waals surface area contributed by atoms with Gasteiger partial charge in [-0.2, -0.15) is 10.1 Å². The third-order valence-electron chi connectivity index (χ3n) is 3.40. The van der Waals surface area contributed by atoms with E-state index >= 15 is 0 Å². The third-order valence-corrected chi connectivity index (χ3v) is 3.40. The predicted molar refractivity (Wildman–Crippen MR) is 66.0 cm³/mol. The van der Waals surface area contributed by atoms with Crippen molar-refractivity contribution in [2.24, 2.45) is 12.5 Å². The van der Waals surface area contributed by atoms with Crippen LogP contribution >= 0.6 is 0 Å². The number of rotatable bonds is 4. The van der Waals surface area contributed by atoms with Crippen molar-refractivity contribution in [3.63, 3.8) is 0 Å². The molecule has 1 saturated heterocycles. The number of ether oxygens (including phenoxy) is 1. The molecule has 0 spiro atoms. The largest absolute Gasteiger partial charge is 0.384 e. The molecule has 0 aromatic carbocycles. The highest BCUT2D eigenvalue weighted by Gasteiger charge is 2.40. The number of carbonyl (C=O) groups is 1. The van der Waals surface area contributed by atoms with E-state index < -0.39 is 5.41 Å². The number of carbonyl (C=O) groups excluding carboxylic acids is 1. The number of hydrogen-bond acceptors (Lipinski definition) is 5. The molecule has 1 fully saturated rings. The van der Waals surface area contributed by atoms with Crippen LogP contribution in [0.3, 0.4) is 0 Å². The van der Waals surface area contributed by atoms with Crippen LogP contribution in [0.5, 0.6) is 0 Å². The van der Waals surface area contributed by atoms with Crippen LogP contribution in [0.4, 0.5) is 5.95 Å². The quantitative estimate of drug-likeness (QED) is 0.774. The van der Waals surface area contributed by atoms with Gasteiger partial charge in [0.25, 0.3) is 0 Å². The van der Waals surface area contributed by atoms with E-state index in [9.17, 15) is 4.79 Å². The highest BCUT2D eigenvalue weighted by molar-refractivity contribution is 5.94. The van der Waals surface area contributed by atoms with Gasteiger partial charge in [0.05, 0.1) is 12.0 Å². The Morgan fingerprint density at radius 2 is 2.33 bits per heavy atom. The summed E-state index contributed by atoms with van der Waals surface area (Å²) in [6.45, 7) is 2.09. The van der Waals surface area contributed by atoms with Crippen molar-refractivity contribution in [3.05, 3.63) is 6.33 Å². The van der Waals surface area contributed by atoms with E-state index in [2.05, 4.69) is 20.7 Å². The molecule has 1 aliphatic heterocycles.